The minimum Gasteiger partial charge on any atom is -0.459 e. The number of anilines is 2. The normalized spacial score (nSPS) is 15.1. The van der Waals surface area contributed by atoms with Crippen LogP contribution in [0.5, 0.6) is 0 Å². The number of esters is 1. The number of hydrogen-bond acceptors (Lipinski definition) is 10. The highest BCUT2D eigenvalue weighted by Crippen LogP contribution is 2.22. The fourth-order valence-corrected chi connectivity index (χ4v) is 5.65. The van der Waals surface area contributed by atoms with Gasteiger partial charge >= 0.3 is 5.97 Å². The zero-order valence-electron chi connectivity index (χ0n) is 24.1. The van der Waals surface area contributed by atoms with Crippen molar-refractivity contribution in [2.45, 2.75) is 56.2 Å². The molecule has 0 saturated carbocycles. The van der Waals surface area contributed by atoms with E-state index in [1.807, 2.05) is 12.1 Å². The fourth-order valence-electron chi connectivity index (χ4n) is 4.49. The van der Waals surface area contributed by atoms with E-state index < -0.39 is 33.3 Å². The van der Waals surface area contributed by atoms with Crippen LogP contribution in [-0.2, 0) is 19.4 Å². The summed E-state index contributed by atoms with van der Waals surface area (Å²) in [6.45, 7) is 6.72. The molecule has 0 spiro atoms. The first kappa shape index (κ1) is 30.9. The summed E-state index contributed by atoms with van der Waals surface area (Å²) in [5.41, 5.74) is 0.659. The van der Waals surface area contributed by atoms with Crippen LogP contribution >= 0.6 is 0 Å². The Morgan fingerprint density at radius 3 is 2.24 bits per heavy atom. The van der Waals surface area contributed by atoms with E-state index >= 15 is 0 Å². The number of nitrogens with one attached hydrogen (secondary N) is 3. The van der Waals surface area contributed by atoms with Crippen LogP contribution in [0.15, 0.2) is 78.0 Å². The third-order valence-corrected chi connectivity index (χ3v) is 8.21. The van der Waals surface area contributed by atoms with Gasteiger partial charge in [-0.25, -0.2) is 18.4 Å². The quantitative estimate of drug-likeness (QED) is 0.284. The molecular formula is C30H38N6O5S. The Balaban J connectivity index is 1.32. The van der Waals surface area contributed by atoms with Crippen LogP contribution in [-0.4, -0.2) is 73.5 Å². The lowest BCUT2D eigenvalue weighted by atomic mass is 10.0. The Kier molecular flexibility index (Phi) is 10.1. The molecule has 1 atom stereocenters. The van der Waals surface area contributed by atoms with Gasteiger partial charge in [-0.05, 0) is 76.1 Å². The van der Waals surface area contributed by atoms with E-state index in [9.17, 15) is 18.0 Å². The van der Waals surface area contributed by atoms with Gasteiger partial charge in [-0.15, -0.1) is 0 Å². The SMILES string of the molecule is CC(C)(C)OC(=O)C(CNC(=O)c1ccc(N2CCC(Nc3ncccn3)CC2)cc1)NCS(=O)(=O)c1ccccc1. The fraction of sp³-hybridized carbons (Fsp3) is 0.400. The molecule has 1 saturated heterocycles. The summed E-state index contributed by atoms with van der Waals surface area (Å²) < 4.78 is 31.0. The Hall–Kier alpha value is -4.03. The van der Waals surface area contributed by atoms with Crippen LogP contribution in [0.25, 0.3) is 0 Å². The standard InChI is InChI=1S/C30H38N6O5S/c1-30(2,3)41-28(38)26(34-21-42(39,40)25-8-5-4-6-9-25)20-33-27(37)22-10-12-24(13-11-22)36-18-14-23(15-19-36)35-29-31-16-7-17-32-29/h4-13,16-17,23,26,34H,14-15,18-21H2,1-3H3,(H,33,37)(H,31,32,35). The van der Waals surface area contributed by atoms with Crippen LogP contribution in [0.1, 0.15) is 44.0 Å². The lowest BCUT2D eigenvalue weighted by Crippen LogP contribution is -2.49. The minimum absolute atomic E-state index is 0.135. The van der Waals surface area contributed by atoms with Crippen LogP contribution in [0.2, 0.25) is 0 Å². The molecule has 2 aromatic carbocycles. The minimum atomic E-state index is -3.70. The van der Waals surface area contributed by atoms with E-state index in [0.29, 0.717) is 17.6 Å². The molecular weight excluding hydrogens is 556 g/mol. The first-order valence-electron chi connectivity index (χ1n) is 13.9. The maximum atomic E-state index is 12.9. The first-order valence-corrected chi connectivity index (χ1v) is 15.6. The van der Waals surface area contributed by atoms with Gasteiger partial charge in [0, 0.05) is 49.3 Å². The molecule has 11 nitrogen and oxygen atoms in total. The zero-order valence-corrected chi connectivity index (χ0v) is 24.9. The summed E-state index contributed by atoms with van der Waals surface area (Å²) in [7, 11) is -3.70. The molecule has 1 fully saturated rings. The van der Waals surface area contributed by atoms with Gasteiger partial charge in [0.25, 0.3) is 5.91 Å². The largest absolute Gasteiger partial charge is 0.459 e. The number of carbonyl (C=O) groups excluding carboxylic acids is 2. The Labute approximate surface area is 247 Å². The number of hydrogen-bond donors (Lipinski definition) is 3. The molecule has 1 aliphatic heterocycles. The van der Waals surface area contributed by atoms with Gasteiger partial charge < -0.3 is 20.3 Å². The van der Waals surface area contributed by atoms with Crippen molar-refractivity contribution in [1.29, 1.82) is 0 Å². The summed E-state index contributed by atoms with van der Waals surface area (Å²) in [6.07, 6.45) is 5.29. The highest BCUT2D eigenvalue weighted by molar-refractivity contribution is 7.91. The van der Waals surface area contributed by atoms with Crippen molar-refractivity contribution in [1.82, 2.24) is 20.6 Å². The number of piperidine rings is 1. The zero-order chi connectivity index (χ0) is 30.2. The van der Waals surface area contributed by atoms with Crippen molar-refractivity contribution >= 4 is 33.3 Å². The van der Waals surface area contributed by atoms with Gasteiger partial charge in [0.1, 0.15) is 17.5 Å². The number of ether oxygens (including phenoxy) is 1. The van der Waals surface area contributed by atoms with Gasteiger partial charge in [0.2, 0.25) is 5.95 Å². The number of nitrogens with zero attached hydrogens (tertiary/aromatic N) is 3. The Morgan fingerprint density at radius 1 is 0.976 bits per heavy atom. The second kappa shape index (κ2) is 13.8. The smallest absolute Gasteiger partial charge is 0.325 e. The van der Waals surface area contributed by atoms with Crippen molar-refractivity contribution in [3.63, 3.8) is 0 Å². The molecule has 1 aromatic heterocycles. The maximum absolute atomic E-state index is 12.9. The lowest BCUT2D eigenvalue weighted by Gasteiger charge is -2.34. The second-order valence-corrected chi connectivity index (χ2v) is 13.1. The third-order valence-electron chi connectivity index (χ3n) is 6.67. The van der Waals surface area contributed by atoms with E-state index in [2.05, 4.69) is 30.8 Å². The number of rotatable bonds is 11. The van der Waals surface area contributed by atoms with Crippen molar-refractivity contribution in [2.24, 2.45) is 0 Å². The molecule has 224 valence electrons. The van der Waals surface area contributed by atoms with E-state index in [0.717, 1.165) is 31.6 Å². The van der Waals surface area contributed by atoms with E-state index in [1.165, 1.54) is 12.1 Å². The molecule has 12 heteroatoms. The number of sulfone groups is 1. The summed E-state index contributed by atoms with van der Waals surface area (Å²) >= 11 is 0. The highest BCUT2D eigenvalue weighted by Gasteiger charge is 2.28. The number of aromatic nitrogens is 2. The Morgan fingerprint density at radius 2 is 1.62 bits per heavy atom. The van der Waals surface area contributed by atoms with Crippen molar-refractivity contribution in [3.05, 3.63) is 78.6 Å². The molecule has 1 unspecified atom stereocenters. The van der Waals surface area contributed by atoms with Gasteiger partial charge in [0.05, 0.1) is 4.90 Å². The first-order chi connectivity index (χ1) is 20.0. The molecule has 42 heavy (non-hydrogen) atoms. The number of carbonyl (C=O) groups is 2. The summed E-state index contributed by atoms with van der Waals surface area (Å²) in [5.74, 6) is -0.893. The number of benzene rings is 2. The Bertz CT molecular complexity index is 1420. The molecule has 0 bridgehead atoms. The molecule has 0 radical (unpaired) electrons. The summed E-state index contributed by atoms with van der Waals surface area (Å²) in [4.78, 5) is 36.7. The van der Waals surface area contributed by atoms with E-state index in [1.54, 1.807) is 69.6 Å². The van der Waals surface area contributed by atoms with Gasteiger partial charge in [0.15, 0.2) is 9.84 Å². The lowest BCUT2D eigenvalue weighted by molar-refractivity contribution is -0.157. The molecule has 3 N–H and O–H groups in total. The van der Waals surface area contributed by atoms with Gasteiger partial charge in [-0.3, -0.25) is 14.9 Å². The van der Waals surface area contributed by atoms with E-state index in [-0.39, 0.29) is 17.3 Å². The predicted molar refractivity (Wildman–Crippen MR) is 161 cm³/mol. The van der Waals surface area contributed by atoms with Gasteiger partial charge in [-0.2, -0.15) is 0 Å². The summed E-state index contributed by atoms with van der Waals surface area (Å²) in [5, 5.41) is 8.87. The topological polar surface area (TPSA) is 143 Å². The number of amides is 1. The maximum Gasteiger partial charge on any atom is 0.325 e. The molecule has 0 aliphatic carbocycles. The predicted octanol–water partition coefficient (Wildman–Crippen LogP) is 3.02. The van der Waals surface area contributed by atoms with Crippen molar-refractivity contribution in [3.8, 4) is 0 Å². The third kappa shape index (κ3) is 8.98. The van der Waals surface area contributed by atoms with Crippen LogP contribution in [0, 0.1) is 0 Å². The molecule has 2 heterocycles. The van der Waals surface area contributed by atoms with Crippen molar-refractivity contribution < 1.29 is 22.7 Å². The second-order valence-electron chi connectivity index (χ2n) is 11.1. The molecule has 3 aromatic rings. The molecule has 4 rings (SSSR count). The van der Waals surface area contributed by atoms with Crippen LogP contribution in [0.3, 0.4) is 0 Å². The van der Waals surface area contributed by atoms with E-state index in [4.69, 9.17) is 4.74 Å². The average molecular weight is 595 g/mol. The molecule has 1 amide bonds. The van der Waals surface area contributed by atoms with Gasteiger partial charge in [-0.1, -0.05) is 18.2 Å². The average Bonchev–Trinajstić information content (AvgIpc) is 2.97. The highest BCUT2D eigenvalue weighted by atomic mass is 32.2. The molecule has 1 aliphatic rings. The van der Waals surface area contributed by atoms with Crippen LogP contribution in [0.4, 0.5) is 11.6 Å². The van der Waals surface area contributed by atoms with Crippen LogP contribution < -0.4 is 20.9 Å². The summed E-state index contributed by atoms with van der Waals surface area (Å²) in [6, 6.07) is 16.3. The van der Waals surface area contributed by atoms with Crippen molar-refractivity contribution in [2.75, 3.05) is 35.7 Å². The monoisotopic (exact) mass is 594 g/mol.